The SMILES string of the molecule is CC1C=C(C(C)(C)C)C=C1C(C)(C)C1c2ccccc2-c2ccccc21. The molecule has 0 aliphatic heterocycles. The molecule has 0 bridgehead atoms. The first-order chi connectivity index (χ1) is 12.2. The zero-order chi connectivity index (χ0) is 18.7. The van der Waals surface area contributed by atoms with Gasteiger partial charge < -0.3 is 0 Å². The highest BCUT2D eigenvalue weighted by Gasteiger charge is 2.43. The van der Waals surface area contributed by atoms with E-state index in [1.165, 1.54) is 27.8 Å². The minimum absolute atomic E-state index is 0.0750. The highest BCUT2D eigenvalue weighted by molar-refractivity contribution is 5.79. The Morgan fingerprint density at radius 3 is 1.69 bits per heavy atom. The lowest BCUT2D eigenvalue weighted by Gasteiger charge is -2.37. The van der Waals surface area contributed by atoms with Crippen LogP contribution in [0, 0.1) is 16.7 Å². The standard InChI is InChI=1S/C26H30/c1-17-15-18(25(2,3)4)16-23(17)26(5,6)24-21-13-9-7-11-19(21)20-12-8-10-14-22(20)24/h7-17,24H,1-6H3. The van der Waals surface area contributed by atoms with E-state index in [1.807, 2.05) is 0 Å². The molecular weight excluding hydrogens is 312 g/mol. The summed E-state index contributed by atoms with van der Waals surface area (Å²) >= 11 is 0. The summed E-state index contributed by atoms with van der Waals surface area (Å²) in [5, 5.41) is 0. The van der Waals surface area contributed by atoms with Crippen molar-refractivity contribution in [2.75, 3.05) is 0 Å². The predicted molar refractivity (Wildman–Crippen MR) is 112 cm³/mol. The molecule has 134 valence electrons. The van der Waals surface area contributed by atoms with Crippen LogP contribution < -0.4 is 0 Å². The van der Waals surface area contributed by atoms with Gasteiger partial charge >= 0.3 is 0 Å². The maximum atomic E-state index is 2.49. The summed E-state index contributed by atoms with van der Waals surface area (Å²) in [5.74, 6) is 0.912. The normalized spacial score (nSPS) is 19.8. The molecule has 0 amide bonds. The van der Waals surface area contributed by atoms with Crippen molar-refractivity contribution in [1.82, 2.24) is 0 Å². The van der Waals surface area contributed by atoms with Crippen molar-refractivity contribution >= 4 is 0 Å². The van der Waals surface area contributed by atoms with Crippen molar-refractivity contribution in [2.45, 2.75) is 47.5 Å². The van der Waals surface area contributed by atoms with Crippen LogP contribution in [0.3, 0.4) is 0 Å². The van der Waals surface area contributed by atoms with Gasteiger partial charge in [0, 0.05) is 5.92 Å². The van der Waals surface area contributed by atoms with E-state index in [0.717, 1.165) is 0 Å². The monoisotopic (exact) mass is 342 g/mol. The van der Waals surface area contributed by atoms with Crippen LogP contribution in [0.4, 0.5) is 0 Å². The van der Waals surface area contributed by atoms with Crippen LogP contribution in [-0.4, -0.2) is 0 Å². The average Bonchev–Trinajstić information content (AvgIpc) is 3.13. The molecular formula is C26H30. The Balaban J connectivity index is 1.85. The molecule has 0 nitrogen and oxygen atoms in total. The second kappa shape index (κ2) is 5.71. The lowest BCUT2D eigenvalue weighted by atomic mass is 9.66. The minimum Gasteiger partial charge on any atom is -0.0738 e. The molecule has 4 rings (SSSR count). The lowest BCUT2D eigenvalue weighted by Crippen LogP contribution is -2.26. The topological polar surface area (TPSA) is 0 Å². The van der Waals surface area contributed by atoms with Crippen LogP contribution in [0.1, 0.15) is 58.6 Å². The molecule has 2 aliphatic carbocycles. The molecule has 0 heterocycles. The smallest absolute Gasteiger partial charge is 0.0190 e. The summed E-state index contributed by atoms with van der Waals surface area (Å²) in [5.41, 5.74) is 9.12. The van der Waals surface area contributed by atoms with Gasteiger partial charge in [0.25, 0.3) is 0 Å². The van der Waals surface area contributed by atoms with Crippen LogP contribution in [0.15, 0.2) is 71.8 Å². The Labute approximate surface area is 158 Å². The molecule has 0 radical (unpaired) electrons. The Morgan fingerprint density at radius 1 is 0.731 bits per heavy atom. The fraction of sp³-hybridized carbons (Fsp3) is 0.385. The molecule has 2 aliphatic rings. The highest BCUT2D eigenvalue weighted by Crippen LogP contribution is 2.57. The molecule has 26 heavy (non-hydrogen) atoms. The van der Waals surface area contributed by atoms with Crippen LogP contribution in [0.25, 0.3) is 11.1 Å². The third-order valence-corrected chi connectivity index (χ3v) is 6.40. The maximum Gasteiger partial charge on any atom is 0.0190 e. The number of allylic oxidation sites excluding steroid dienone is 4. The van der Waals surface area contributed by atoms with Crippen LogP contribution in [0.5, 0.6) is 0 Å². The average molecular weight is 343 g/mol. The number of hydrogen-bond acceptors (Lipinski definition) is 0. The molecule has 0 spiro atoms. The summed E-state index contributed by atoms with van der Waals surface area (Å²) in [6.45, 7) is 14.2. The Bertz CT molecular complexity index is 870. The quantitative estimate of drug-likeness (QED) is 0.534. The van der Waals surface area contributed by atoms with Gasteiger partial charge in [-0.15, -0.1) is 0 Å². The van der Waals surface area contributed by atoms with Crippen LogP contribution >= 0.6 is 0 Å². The number of benzene rings is 2. The Kier molecular flexibility index (Phi) is 3.81. The highest BCUT2D eigenvalue weighted by atomic mass is 14.5. The van der Waals surface area contributed by atoms with Gasteiger partial charge in [0.05, 0.1) is 0 Å². The lowest BCUT2D eigenvalue weighted by molar-refractivity contribution is 0.370. The molecule has 0 saturated carbocycles. The van der Waals surface area contributed by atoms with E-state index < -0.39 is 0 Å². The first-order valence-corrected chi connectivity index (χ1v) is 9.84. The second-order valence-corrected chi connectivity index (χ2v) is 9.59. The predicted octanol–water partition coefficient (Wildman–Crippen LogP) is 7.37. The molecule has 1 unspecified atom stereocenters. The van der Waals surface area contributed by atoms with Gasteiger partial charge in [-0.1, -0.05) is 108 Å². The van der Waals surface area contributed by atoms with E-state index in [1.54, 1.807) is 5.57 Å². The van der Waals surface area contributed by atoms with Crippen molar-refractivity contribution in [3.8, 4) is 11.1 Å². The molecule has 1 atom stereocenters. The summed E-state index contributed by atoms with van der Waals surface area (Å²) in [6, 6.07) is 18.0. The Hall–Kier alpha value is -2.08. The minimum atomic E-state index is 0.0750. The van der Waals surface area contributed by atoms with E-state index in [0.29, 0.717) is 11.8 Å². The Morgan fingerprint density at radius 2 is 1.23 bits per heavy atom. The zero-order valence-electron chi connectivity index (χ0n) is 16.9. The van der Waals surface area contributed by atoms with E-state index in [-0.39, 0.29) is 10.8 Å². The van der Waals surface area contributed by atoms with Crippen molar-refractivity contribution < 1.29 is 0 Å². The summed E-state index contributed by atoms with van der Waals surface area (Å²) < 4.78 is 0. The van der Waals surface area contributed by atoms with E-state index in [9.17, 15) is 0 Å². The molecule has 0 fully saturated rings. The first kappa shape index (κ1) is 17.3. The van der Waals surface area contributed by atoms with Gasteiger partial charge in [-0.25, -0.2) is 0 Å². The second-order valence-electron chi connectivity index (χ2n) is 9.59. The van der Waals surface area contributed by atoms with Gasteiger partial charge in [0.15, 0.2) is 0 Å². The maximum absolute atomic E-state index is 2.49. The van der Waals surface area contributed by atoms with Crippen molar-refractivity contribution in [3.05, 3.63) is 83.0 Å². The van der Waals surface area contributed by atoms with Gasteiger partial charge in [-0.05, 0) is 44.6 Å². The summed E-state index contributed by atoms with van der Waals surface area (Å²) in [7, 11) is 0. The van der Waals surface area contributed by atoms with Crippen LogP contribution in [0.2, 0.25) is 0 Å². The molecule has 0 heteroatoms. The fourth-order valence-corrected chi connectivity index (χ4v) is 5.05. The van der Waals surface area contributed by atoms with Crippen molar-refractivity contribution in [3.63, 3.8) is 0 Å². The summed E-state index contributed by atoms with van der Waals surface area (Å²) in [4.78, 5) is 0. The summed E-state index contributed by atoms with van der Waals surface area (Å²) in [6.07, 6.45) is 4.97. The molecule has 2 aromatic rings. The molecule has 2 aromatic carbocycles. The zero-order valence-corrected chi connectivity index (χ0v) is 16.9. The number of rotatable bonds is 2. The fourth-order valence-electron chi connectivity index (χ4n) is 5.05. The van der Waals surface area contributed by atoms with E-state index in [4.69, 9.17) is 0 Å². The first-order valence-electron chi connectivity index (χ1n) is 9.84. The molecule has 0 N–H and O–H groups in total. The van der Waals surface area contributed by atoms with Crippen molar-refractivity contribution in [1.29, 1.82) is 0 Å². The third kappa shape index (κ3) is 2.50. The number of fused-ring (bicyclic) bond motifs is 3. The van der Waals surface area contributed by atoms with Gasteiger partial charge in [-0.3, -0.25) is 0 Å². The van der Waals surface area contributed by atoms with Crippen LogP contribution in [-0.2, 0) is 0 Å². The molecule has 0 saturated heterocycles. The van der Waals surface area contributed by atoms with Gasteiger partial charge in [-0.2, -0.15) is 0 Å². The van der Waals surface area contributed by atoms with Gasteiger partial charge in [0.2, 0.25) is 0 Å². The van der Waals surface area contributed by atoms with E-state index in [2.05, 4.69) is 102 Å². The largest absolute Gasteiger partial charge is 0.0738 e. The van der Waals surface area contributed by atoms with E-state index >= 15 is 0 Å². The third-order valence-electron chi connectivity index (χ3n) is 6.40. The number of hydrogen-bond donors (Lipinski definition) is 0. The van der Waals surface area contributed by atoms with Gasteiger partial charge in [0.1, 0.15) is 0 Å². The molecule has 0 aromatic heterocycles. The van der Waals surface area contributed by atoms with Crippen molar-refractivity contribution in [2.24, 2.45) is 16.7 Å².